The second-order valence-corrected chi connectivity index (χ2v) is 13.1. The van der Waals surface area contributed by atoms with Crippen LogP contribution in [0.15, 0.2) is 72.9 Å². The minimum atomic E-state index is -0.823. The van der Waals surface area contributed by atoms with Gasteiger partial charge in [-0.2, -0.15) is 0 Å². The predicted octanol–water partition coefficient (Wildman–Crippen LogP) is 5.97. The number of benzene rings is 3. The third-order valence-corrected chi connectivity index (χ3v) is 9.11. The lowest BCUT2D eigenvalue weighted by molar-refractivity contribution is -0.118. The molecule has 0 unspecified atom stereocenters. The van der Waals surface area contributed by atoms with Gasteiger partial charge in [-0.25, -0.2) is 4.79 Å². The molecule has 0 spiro atoms. The van der Waals surface area contributed by atoms with Crippen molar-refractivity contribution in [1.82, 2.24) is 20.1 Å². The molecule has 0 radical (unpaired) electrons. The molecule has 4 aromatic rings. The Labute approximate surface area is 271 Å². The van der Waals surface area contributed by atoms with Crippen molar-refractivity contribution in [2.45, 2.75) is 45.2 Å². The number of aromatic nitrogens is 1. The number of carbonyl (C=O) groups excluding carboxylic acids is 2. The van der Waals surface area contributed by atoms with E-state index in [9.17, 15) is 9.59 Å². The van der Waals surface area contributed by atoms with Crippen molar-refractivity contribution in [3.8, 4) is 5.75 Å². The summed E-state index contributed by atoms with van der Waals surface area (Å²) < 4.78 is 6.19. The Balaban J connectivity index is 1.23. The van der Waals surface area contributed by atoms with E-state index in [-0.39, 0.29) is 17.9 Å². The van der Waals surface area contributed by atoms with E-state index in [1.807, 2.05) is 74.6 Å². The number of piperazine rings is 1. The van der Waals surface area contributed by atoms with Crippen LogP contribution < -0.4 is 20.3 Å². The van der Waals surface area contributed by atoms with Gasteiger partial charge in [-0.1, -0.05) is 48.9 Å². The third-order valence-electron chi connectivity index (χ3n) is 9.11. The van der Waals surface area contributed by atoms with Gasteiger partial charge in [-0.15, -0.1) is 0 Å². The molecule has 2 heterocycles. The molecule has 0 bridgehead atoms. The van der Waals surface area contributed by atoms with Crippen LogP contribution in [0.25, 0.3) is 10.9 Å². The summed E-state index contributed by atoms with van der Waals surface area (Å²) in [5.74, 6) is 0.641. The molecule has 1 aliphatic heterocycles. The van der Waals surface area contributed by atoms with E-state index in [0.29, 0.717) is 37.1 Å². The highest BCUT2D eigenvalue weighted by Crippen LogP contribution is 2.34. The summed E-state index contributed by atoms with van der Waals surface area (Å²) in [5.41, 5.74) is 6.05. The van der Waals surface area contributed by atoms with E-state index in [4.69, 9.17) is 4.74 Å². The molecule has 2 fully saturated rings. The lowest BCUT2D eigenvalue weighted by atomic mass is 9.92. The van der Waals surface area contributed by atoms with E-state index < -0.39 is 6.04 Å². The summed E-state index contributed by atoms with van der Waals surface area (Å²) >= 11 is 0. The highest BCUT2D eigenvalue weighted by molar-refractivity contribution is 5.99. The molecule has 1 saturated carbocycles. The van der Waals surface area contributed by atoms with E-state index in [2.05, 4.69) is 56.6 Å². The Morgan fingerprint density at radius 3 is 2.46 bits per heavy atom. The largest absolute Gasteiger partial charge is 0.491 e. The topological polar surface area (TPSA) is 92.9 Å². The maximum Gasteiger partial charge on any atom is 0.318 e. The highest BCUT2D eigenvalue weighted by atomic mass is 16.5. The number of aryl methyl sites for hydroxylation is 1. The monoisotopic (exact) mass is 622 g/mol. The maximum atomic E-state index is 14.3. The van der Waals surface area contributed by atoms with Crippen molar-refractivity contribution >= 4 is 34.2 Å². The molecule has 1 saturated heterocycles. The van der Waals surface area contributed by atoms with E-state index in [1.54, 1.807) is 0 Å². The fourth-order valence-corrected chi connectivity index (χ4v) is 6.18. The van der Waals surface area contributed by atoms with Gasteiger partial charge in [0, 0.05) is 61.4 Å². The van der Waals surface area contributed by atoms with Gasteiger partial charge in [-0.05, 0) is 81.2 Å². The first kappa shape index (κ1) is 31.5. The SMILES string of the molecule is Cc1ccc(N2CCN(C(=O)N[C@@H](C(=O)Nc3cc(CN(C)C)ccc3OCC3CC3)[C@@H](C)c3c[nH]c4ccccc34)CC2)cc1. The lowest BCUT2D eigenvalue weighted by Gasteiger charge is -2.37. The van der Waals surface area contributed by atoms with Crippen molar-refractivity contribution in [1.29, 1.82) is 0 Å². The Bertz CT molecular complexity index is 1650. The van der Waals surface area contributed by atoms with Gasteiger partial charge in [0.05, 0.1) is 12.3 Å². The predicted molar refractivity (Wildman–Crippen MR) is 185 cm³/mol. The van der Waals surface area contributed by atoms with E-state index >= 15 is 0 Å². The van der Waals surface area contributed by atoms with Gasteiger partial charge in [0.2, 0.25) is 5.91 Å². The van der Waals surface area contributed by atoms with Crippen LogP contribution in [0.1, 0.15) is 42.4 Å². The van der Waals surface area contributed by atoms with Crippen LogP contribution in [0.2, 0.25) is 0 Å². The molecule has 3 amide bonds. The summed E-state index contributed by atoms with van der Waals surface area (Å²) in [6.45, 7) is 8.05. The molecular weight excluding hydrogens is 576 g/mol. The Kier molecular flexibility index (Phi) is 9.49. The minimum Gasteiger partial charge on any atom is -0.491 e. The molecule has 3 N–H and O–H groups in total. The zero-order valence-electron chi connectivity index (χ0n) is 27.4. The number of rotatable bonds is 11. The number of anilines is 2. The number of urea groups is 1. The summed E-state index contributed by atoms with van der Waals surface area (Å²) in [5, 5.41) is 7.35. The first-order valence-corrected chi connectivity index (χ1v) is 16.4. The molecule has 2 atom stereocenters. The second kappa shape index (κ2) is 13.9. The second-order valence-electron chi connectivity index (χ2n) is 13.1. The number of ether oxygens (including phenoxy) is 1. The average Bonchev–Trinajstić information content (AvgIpc) is 3.79. The molecule has 242 valence electrons. The molecule has 9 nitrogen and oxygen atoms in total. The number of nitrogens with one attached hydrogen (secondary N) is 3. The van der Waals surface area contributed by atoms with Crippen LogP contribution >= 0.6 is 0 Å². The molecule has 46 heavy (non-hydrogen) atoms. The first-order valence-electron chi connectivity index (χ1n) is 16.4. The van der Waals surface area contributed by atoms with Crippen LogP contribution in [0.3, 0.4) is 0 Å². The quantitative estimate of drug-likeness (QED) is 0.192. The molecule has 3 aromatic carbocycles. The van der Waals surface area contributed by atoms with Crippen LogP contribution in [-0.4, -0.2) is 79.6 Å². The van der Waals surface area contributed by atoms with Crippen molar-refractivity contribution in [2.24, 2.45) is 5.92 Å². The lowest BCUT2D eigenvalue weighted by Crippen LogP contribution is -2.56. The van der Waals surface area contributed by atoms with Crippen LogP contribution in [0, 0.1) is 12.8 Å². The number of hydrogen-bond acceptors (Lipinski definition) is 5. The fourth-order valence-electron chi connectivity index (χ4n) is 6.18. The molecule has 1 aromatic heterocycles. The zero-order valence-corrected chi connectivity index (χ0v) is 27.4. The molecule has 6 rings (SSSR count). The summed E-state index contributed by atoms with van der Waals surface area (Å²) in [6, 6.07) is 21.5. The van der Waals surface area contributed by atoms with Crippen molar-refractivity contribution < 1.29 is 14.3 Å². The molecule has 2 aliphatic rings. The van der Waals surface area contributed by atoms with Crippen LogP contribution in [0.4, 0.5) is 16.2 Å². The van der Waals surface area contributed by atoms with Gasteiger partial charge in [0.25, 0.3) is 0 Å². The van der Waals surface area contributed by atoms with Gasteiger partial charge >= 0.3 is 6.03 Å². The fraction of sp³-hybridized carbons (Fsp3) is 0.405. The number of hydrogen-bond donors (Lipinski definition) is 3. The van der Waals surface area contributed by atoms with Crippen molar-refractivity contribution in [3.05, 3.63) is 89.6 Å². The van der Waals surface area contributed by atoms with E-state index in [0.717, 1.165) is 47.4 Å². The van der Waals surface area contributed by atoms with Crippen molar-refractivity contribution in [2.75, 3.05) is 57.1 Å². The van der Waals surface area contributed by atoms with Gasteiger partial charge < -0.3 is 35.1 Å². The van der Waals surface area contributed by atoms with Gasteiger partial charge in [0.15, 0.2) is 0 Å². The minimum absolute atomic E-state index is 0.234. The summed E-state index contributed by atoms with van der Waals surface area (Å²) in [7, 11) is 4.04. The number of para-hydroxylation sites is 1. The zero-order chi connectivity index (χ0) is 32.2. The number of H-pyrrole nitrogens is 1. The van der Waals surface area contributed by atoms with Crippen LogP contribution in [-0.2, 0) is 11.3 Å². The first-order chi connectivity index (χ1) is 22.2. The molecule has 9 heteroatoms. The number of carbonyl (C=O) groups is 2. The Morgan fingerprint density at radius 1 is 1.00 bits per heavy atom. The van der Waals surface area contributed by atoms with Crippen molar-refractivity contribution in [3.63, 3.8) is 0 Å². The number of aromatic amines is 1. The Morgan fingerprint density at radius 2 is 1.74 bits per heavy atom. The average molecular weight is 623 g/mol. The smallest absolute Gasteiger partial charge is 0.318 e. The highest BCUT2D eigenvalue weighted by Gasteiger charge is 2.33. The molecule has 1 aliphatic carbocycles. The van der Waals surface area contributed by atoms with Gasteiger partial charge in [-0.3, -0.25) is 4.79 Å². The number of amides is 3. The molecular formula is C37H46N6O3. The van der Waals surface area contributed by atoms with E-state index in [1.165, 1.54) is 18.4 Å². The van der Waals surface area contributed by atoms with Gasteiger partial charge in [0.1, 0.15) is 11.8 Å². The standard InChI is InChI=1S/C37H46N6O3/c1-25-9-14-29(15-10-25)42-17-19-43(20-18-42)37(45)40-35(26(2)31-22-38-32-8-6-5-7-30(31)32)36(44)39-33-21-28(23-41(3)4)13-16-34(33)46-24-27-11-12-27/h5-10,13-16,21-22,26-27,35,38H,11-12,17-20,23-24H2,1-4H3,(H,39,44)(H,40,45)/t26-,35+/m0/s1. The summed E-state index contributed by atoms with van der Waals surface area (Å²) in [6.07, 6.45) is 4.30. The number of fused-ring (bicyclic) bond motifs is 1. The third kappa shape index (κ3) is 7.48. The van der Waals surface area contributed by atoms with Crippen LogP contribution in [0.5, 0.6) is 5.75 Å². The number of nitrogens with zero attached hydrogens (tertiary/aromatic N) is 3. The maximum absolute atomic E-state index is 14.3. The Hall–Kier alpha value is -4.50. The normalized spacial score (nSPS) is 16.4. The summed E-state index contributed by atoms with van der Waals surface area (Å²) in [4.78, 5) is 37.6.